The Labute approximate surface area is 187 Å². The zero-order valence-electron chi connectivity index (χ0n) is 18.1. The summed E-state index contributed by atoms with van der Waals surface area (Å²) in [4.78, 5) is 25.1. The van der Waals surface area contributed by atoms with Crippen molar-refractivity contribution in [1.29, 1.82) is 0 Å². The zero-order valence-corrected chi connectivity index (χ0v) is 18.1. The van der Waals surface area contributed by atoms with Gasteiger partial charge in [-0.05, 0) is 47.9 Å². The maximum Gasteiger partial charge on any atom is 0.241 e. The van der Waals surface area contributed by atoms with Gasteiger partial charge in [-0.1, -0.05) is 54.6 Å². The van der Waals surface area contributed by atoms with Gasteiger partial charge in [0.25, 0.3) is 0 Å². The number of allylic oxidation sites excluding steroid dienone is 1. The molecule has 1 atom stereocenters. The van der Waals surface area contributed by atoms with E-state index in [1.165, 1.54) is 6.08 Å². The summed E-state index contributed by atoms with van der Waals surface area (Å²) < 4.78 is 10.5. The lowest BCUT2D eigenvalue weighted by molar-refractivity contribution is -0.117. The van der Waals surface area contributed by atoms with E-state index in [1.54, 1.807) is 56.7 Å². The molecule has 0 radical (unpaired) electrons. The second-order valence-electron chi connectivity index (χ2n) is 7.18. The first-order valence-corrected chi connectivity index (χ1v) is 10.1. The molecule has 32 heavy (non-hydrogen) atoms. The highest BCUT2D eigenvalue weighted by Gasteiger charge is 2.15. The van der Waals surface area contributed by atoms with Crippen molar-refractivity contribution in [1.82, 2.24) is 0 Å². The maximum absolute atomic E-state index is 12.6. The number of nitrogens with one attached hydrogen (secondary N) is 1. The lowest BCUT2D eigenvalue weighted by Crippen LogP contribution is -2.37. The van der Waals surface area contributed by atoms with Gasteiger partial charge < -0.3 is 20.5 Å². The Kier molecular flexibility index (Phi) is 7.78. The van der Waals surface area contributed by atoms with Gasteiger partial charge in [-0.3, -0.25) is 9.59 Å². The van der Waals surface area contributed by atoms with E-state index in [4.69, 9.17) is 15.2 Å². The molecule has 0 fully saturated rings. The Hall–Kier alpha value is -3.90. The number of methoxy groups -OCH3 is 2. The normalized spacial score (nSPS) is 11.7. The highest BCUT2D eigenvalue weighted by atomic mass is 16.5. The number of carbonyl (C=O) groups excluding carboxylic acids is 2. The SMILES string of the molecule is COc1ccc(/C=C/C(=O)c2cccc(NC(=O)C(N)Cc3ccccc3)c2)cc1OC. The lowest BCUT2D eigenvalue weighted by Gasteiger charge is -2.13. The van der Waals surface area contributed by atoms with Crippen LogP contribution in [-0.2, 0) is 11.2 Å². The Morgan fingerprint density at radius 2 is 1.69 bits per heavy atom. The van der Waals surface area contributed by atoms with Crippen LogP contribution in [-0.4, -0.2) is 32.0 Å². The van der Waals surface area contributed by atoms with Gasteiger partial charge in [0.05, 0.1) is 20.3 Å². The molecule has 3 N–H and O–H groups in total. The Bertz CT molecular complexity index is 1110. The topological polar surface area (TPSA) is 90.7 Å². The number of benzene rings is 3. The fraction of sp³-hybridized carbons (Fsp3) is 0.154. The minimum Gasteiger partial charge on any atom is -0.493 e. The highest BCUT2D eigenvalue weighted by molar-refractivity contribution is 6.07. The molecular formula is C26H26N2O4. The molecule has 164 valence electrons. The number of anilines is 1. The van der Waals surface area contributed by atoms with E-state index in [9.17, 15) is 9.59 Å². The van der Waals surface area contributed by atoms with Crippen molar-refractivity contribution < 1.29 is 19.1 Å². The quantitative estimate of drug-likeness (QED) is 0.394. The molecule has 0 spiro atoms. The number of hydrogen-bond acceptors (Lipinski definition) is 5. The van der Waals surface area contributed by atoms with Crippen LogP contribution >= 0.6 is 0 Å². The maximum atomic E-state index is 12.6. The summed E-state index contributed by atoms with van der Waals surface area (Å²) in [7, 11) is 3.12. The number of rotatable bonds is 9. The van der Waals surface area contributed by atoms with Crippen molar-refractivity contribution in [2.24, 2.45) is 5.73 Å². The molecule has 0 aliphatic carbocycles. The Morgan fingerprint density at radius 1 is 0.938 bits per heavy atom. The van der Waals surface area contributed by atoms with Crippen LogP contribution in [0.2, 0.25) is 0 Å². The van der Waals surface area contributed by atoms with Crippen LogP contribution in [0.25, 0.3) is 6.08 Å². The van der Waals surface area contributed by atoms with Crippen molar-refractivity contribution in [3.63, 3.8) is 0 Å². The van der Waals surface area contributed by atoms with Gasteiger partial charge in [0.15, 0.2) is 17.3 Å². The first-order valence-electron chi connectivity index (χ1n) is 10.1. The molecule has 0 aliphatic heterocycles. The first-order chi connectivity index (χ1) is 15.5. The minimum absolute atomic E-state index is 0.190. The van der Waals surface area contributed by atoms with Crippen LogP contribution in [0.4, 0.5) is 5.69 Å². The van der Waals surface area contributed by atoms with Gasteiger partial charge in [-0.2, -0.15) is 0 Å². The first kappa shape index (κ1) is 22.8. The van der Waals surface area contributed by atoms with Crippen LogP contribution in [0.1, 0.15) is 21.5 Å². The van der Waals surface area contributed by atoms with Gasteiger partial charge in [0.1, 0.15) is 0 Å². The number of carbonyl (C=O) groups is 2. The molecule has 6 nitrogen and oxygen atoms in total. The molecule has 0 saturated heterocycles. The Morgan fingerprint density at radius 3 is 2.41 bits per heavy atom. The summed E-state index contributed by atoms with van der Waals surface area (Å²) in [6.07, 6.45) is 3.61. The molecular weight excluding hydrogens is 404 g/mol. The number of hydrogen-bond donors (Lipinski definition) is 2. The van der Waals surface area contributed by atoms with Crippen molar-refractivity contribution in [2.45, 2.75) is 12.5 Å². The van der Waals surface area contributed by atoms with Crippen molar-refractivity contribution in [3.8, 4) is 11.5 Å². The van der Waals surface area contributed by atoms with E-state index in [1.807, 2.05) is 36.4 Å². The van der Waals surface area contributed by atoms with Crippen LogP contribution in [0.15, 0.2) is 78.9 Å². The summed E-state index contributed by atoms with van der Waals surface area (Å²) in [5.74, 6) is 0.701. The molecule has 1 unspecified atom stereocenters. The van der Waals surface area contributed by atoms with Gasteiger partial charge in [-0.15, -0.1) is 0 Å². The molecule has 0 aromatic heterocycles. The predicted octanol–water partition coefficient (Wildman–Crippen LogP) is 4.11. The van der Waals surface area contributed by atoms with E-state index < -0.39 is 6.04 Å². The fourth-order valence-corrected chi connectivity index (χ4v) is 3.17. The monoisotopic (exact) mass is 430 g/mol. The third kappa shape index (κ3) is 6.06. The van der Waals surface area contributed by atoms with Crippen LogP contribution in [0.5, 0.6) is 11.5 Å². The smallest absolute Gasteiger partial charge is 0.241 e. The molecule has 3 rings (SSSR count). The molecule has 0 aliphatic rings. The zero-order chi connectivity index (χ0) is 22.9. The van der Waals surface area contributed by atoms with Crippen LogP contribution in [0.3, 0.4) is 0 Å². The summed E-state index contributed by atoms with van der Waals surface area (Å²) in [6.45, 7) is 0. The molecule has 3 aromatic rings. The number of nitrogens with two attached hydrogens (primary N) is 1. The molecule has 0 saturated carbocycles. The summed E-state index contributed by atoms with van der Waals surface area (Å²) >= 11 is 0. The van der Waals surface area contributed by atoms with Crippen molar-refractivity contribution in [2.75, 3.05) is 19.5 Å². The fourth-order valence-electron chi connectivity index (χ4n) is 3.17. The number of amides is 1. The van der Waals surface area contributed by atoms with Crippen LogP contribution < -0.4 is 20.5 Å². The van der Waals surface area contributed by atoms with Gasteiger partial charge in [0, 0.05) is 11.3 Å². The molecule has 0 heterocycles. The summed E-state index contributed by atoms with van der Waals surface area (Å²) in [5.41, 5.74) is 8.80. The minimum atomic E-state index is -0.693. The molecule has 3 aromatic carbocycles. The Balaban J connectivity index is 1.65. The van der Waals surface area contributed by atoms with Gasteiger partial charge >= 0.3 is 0 Å². The van der Waals surface area contributed by atoms with Crippen molar-refractivity contribution in [3.05, 3.63) is 95.6 Å². The molecule has 0 bridgehead atoms. The number of ketones is 1. The van der Waals surface area contributed by atoms with E-state index in [2.05, 4.69) is 5.32 Å². The largest absolute Gasteiger partial charge is 0.493 e. The average molecular weight is 431 g/mol. The van der Waals surface area contributed by atoms with E-state index in [0.717, 1.165) is 11.1 Å². The van der Waals surface area contributed by atoms with Gasteiger partial charge in [0.2, 0.25) is 5.91 Å². The summed E-state index contributed by atoms with van der Waals surface area (Å²) in [6, 6.07) is 21.1. The molecule has 6 heteroatoms. The highest BCUT2D eigenvalue weighted by Crippen LogP contribution is 2.28. The molecule has 1 amide bonds. The third-order valence-corrected chi connectivity index (χ3v) is 4.88. The van der Waals surface area contributed by atoms with Gasteiger partial charge in [-0.25, -0.2) is 0 Å². The second kappa shape index (κ2) is 10.9. The van der Waals surface area contributed by atoms with E-state index in [0.29, 0.717) is 29.2 Å². The average Bonchev–Trinajstić information content (AvgIpc) is 2.83. The summed E-state index contributed by atoms with van der Waals surface area (Å²) in [5, 5.41) is 2.79. The van der Waals surface area contributed by atoms with Crippen molar-refractivity contribution >= 4 is 23.5 Å². The van der Waals surface area contributed by atoms with E-state index in [-0.39, 0.29) is 11.7 Å². The van der Waals surface area contributed by atoms with Crippen LogP contribution in [0, 0.1) is 0 Å². The number of ether oxygens (including phenoxy) is 2. The van der Waals surface area contributed by atoms with E-state index >= 15 is 0 Å². The standard InChI is InChI=1S/C26H26N2O4/c1-31-24-14-12-19(16-25(24)32-2)11-13-23(29)20-9-6-10-21(17-20)28-26(30)22(27)15-18-7-4-3-5-8-18/h3-14,16-17,22H,15,27H2,1-2H3,(H,28,30)/b13-11+. The third-order valence-electron chi connectivity index (χ3n) is 4.88. The predicted molar refractivity (Wildman–Crippen MR) is 126 cm³/mol. The second-order valence-corrected chi connectivity index (χ2v) is 7.18. The lowest BCUT2D eigenvalue weighted by atomic mass is 10.1.